The summed E-state index contributed by atoms with van der Waals surface area (Å²) < 4.78 is 12.8. The Kier molecular flexibility index (Phi) is 3.96. The first-order chi connectivity index (χ1) is 9.31. The van der Waals surface area contributed by atoms with Gasteiger partial charge in [-0.25, -0.2) is 9.37 Å². The third-order valence-corrected chi connectivity index (χ3v) is 5.19. The number of thiophene rings is 1. The smallest absolute Gasteiger partial charge is 0.124 e. The van der Waals surface area contributed by atoms with Gasteiger partial charge in [0.1, 0.15) is 10.8 Å². The normalized spacial score (nSPS) is 10.8. The van der Waals surface area contributed by atoms with Crippen LogP contribution in [0, 0.1) is 5.82 Å². The Labute approximate surface area is 123 Å². The van der Waals surface area contributed by atoms with Crippen molar-refractivity contribution in [2.75, 3.05) is 0 Å². The zero-order chi connectivity index (χ0) is 13.1. The quantitative estimate of drug-likeness (QED) is 0.606. The van der Waals surface area contributed by atoms with Crippen LogP contribution in [0.15, 0.2) is 51.4 Å². The van der Waals surface area contributed by atoms with E-state index in [9.17, 15) is 4.39 Å². The minimum Gasteiger partial charge on any atom is -0.240 e. The van der Waals surface area contributed by atoms with Gasteiger partial charge < -0.3 is 0 Å². The highest BCUT2D eigenvalue weighted by Gasteiger charge is 2.05. The van der Waals surface area contributed by atoms with Gasteiger partial charge in [-0.1, -0.05) is 0 Å². The molecule has 19 heavy (non-hydrogen) atoms. The molecule has 3 rings (SSSR count). The number of thioether (sulfide) groups is 1. The van der Waals surface area contributed by atoms with Gasteiger partial charge in [0.2, 0.25) is 0 Å². The SMILES string of the molecule is Fc1ccc(SCc2csc(-c3ccsc3)n2)cc1. The number of nitrogens with zero attached hydrogens (tertiary/aromatic N) is 1. The molecule has 0 unspecified atom stereocenters. The summed E-state index contributed by atoms with van der Waals surface area (Å²) >= 11 is 5.02. The average molecular weight is 307 g/mol. The van der Waals surface area contributed by atoms with E-state index in [1.54, 1.807) is 46.6 Å². The van der Waals surface area contributed by atoms with E-state index >= 15 is 0 Å². The van der Waals surface area contributed by atoms with Gasteiger partial charge in [0.05, 0.1) is 5.69 Å². The van der Waals surface area contributed by atoms with Crippen molar-refractivity contribution >= 4 is 34.4 Å². The molecule has 0 aliphatic heterocycles. The van der Waals surface area contributed by atoms with Gasteiger partial charge in [-0.3, -0.25) is 0 Å². The van der Waals surface area contributed by atoms with Crippen LogP contribution in [0.4, 0.5) is 4.39 Å². The molecule has 0 fully saturated rings. The zero-order valence-corrected chi connectivity index (χ0v) is 12.3. The number of rotatable bonds is 4. The molecule has 0 saturated heterocycles. The minimum atomic E-state index is -0.197. The largest absolute Gasteiger partial charge is 0.240 e. The fraction of sp³-hybridized carbons (Fsp3) is 0.0714. The minimum absolute atomic E-state index is 0.197. The molecule has 0 atom stereocenters. The van der Waals surface area contributed by atoms with Crippen molar-refractivity contribution in [2.24, 2.45) is 0 Å². The van der Waals surface area contributed by atoms with Crippen molar-refractivity contribution in [3.8, 4) is 10.6 Å². The highest BCUT2D eigenvalue weighted by Crippen LogP contribution is 2.29. The van der Waals surface area contributed by atoms with Crippen LogP contribution in [0.25, 0.3) is 10.6 Å². The van der Waals surface area contributed by atoms with Crippen molar-refractivity contribution in [2.45, 2.75) is 10.6 Å². The fourth-order valence-electron chi connectivity index (χ4n) is 1.58. The molecule has 0 N–H and O–H groups in total. The van der Waals surface area contributed by atoms with Gasteiger partial charge in [0.15, 0.2) is 0 Å². The van der Waals surface area contributed by atoms with Crippen LogP contribution in [0.5, 0.6) is 0 Å². The van der Waals surface area contributed by atoms with Crippen molar-refractivity contribution in [1.82, 2.24) is 4.98 Å². The molecule has 96 valence electrons. The summed E-state index contributed by atoms with van der Waals surface area (Å²) in [6, 6.07) is 8.65. The maximum Gasteiger partial charge on any atom is 0.124 e. The fourth-order valence-corrected chi connectivity index (χ4v) is 4.01. The van der Waals surface area contributed by atoms with Crippen LogP contribution in [0.3, 0.4) is 0 Å². The van der Waals surface area contributed by atoms with Gasteiger partial charge >= 0.3 is 0 Å². The van der Waals surface area contributed by atoms with Gasteiger partial charge in [0, 0.05) is 27.0 Å². The van der Waals surface area contributed by atoms with Gasteiger partial charge in [-0.05, 0) is 35.7 Å². The summed E-state index contributed by atoms with van der Waals surface area (Å²) in [6.07, 6.45) is 0. The average Bonchev–Trinajstić information content (AvgIpc) is 3.09. The van der Waals surface area contributed by atoms with Crippen molar-refractivity contribution < 1.29 is 4.39 Å². The molecule has 0 spiro atoms. The second kappa shape index (κ2) is 5.86. The Morgan fingerprint density at radius 3 is 2.68 bits per heavy atom. The van der Waals surface area contributed by atoms with E-state index in [-0.39, 0.29) is 5.82 Å². The molecule has 0 bridgehead atoms. The Balaban J connectivity index is 1.66. The van der Waals surface area contributed by atoms with E-state index in [0.29, 0.717) is 0 Å². The van der Waals surface area contributed by atoms with Gasteiger partial charge in [-0.2, -0.15) is 11.3 Å². The molecule has 0 saturated carbocycles. The third kappa shape index (κ3) is 3.23. The van der Waals surface area contributed by atoms with Crippen molar-refractivity contribution in [3.63, 3.8) is 0 Å². The van der Waals surface area contributed by atoms with E-state index in [2.05, 4.69) is 27.2 Å². The first-order valence-corrected chi connectivity index (χ1v) is 8.47. The molecule has 0 amide bonds. The number of hydrogen-bond acceptors (Lipinski definition) is 4. The Morgan fingerprint density at radius 2 is 1.95 bits per heavy atom. The second-order valence-corrected chi connectivity index (χ2v) is 6.59. The number of aromatic nitrogens is 1. The highest BCUT2D eigenvalue weighted by atomic mass is 32.2. The van der Waals surface area contributed by atoms with Crippen LogP contribution in [0.2, 0.25) is 0 Å². The lowest BCUT2D eigenvalue weighted by atomic mass is 10.3. The third-order valence-electron chi connectivity index (χ3n) is 2.52. The molecule has 1 nitrogen and oxygen atoms in total. The molecular formula is C14H10FNS3. The van der Waals surface area contributed by atoms with E-state index in [0.717, 1.165) is 21.3 Å². The van der Waals surface area contributed by atoms with E-state index in [1.807, 2.05) is 0 Å². The van der Waals surface area contributed by atoms with Crippen LogP contribution >= 0.6 is 34.4 Å². The first-order valence-electron chi connectivity index (χ1n) is 5.66. The number of hydrogen-bond donors (Lipinski definition) is 0. The second-order valence-electron chi connectivity index (χ2n) is 3.90. The topological polar surface area (TPSA) is 12.9 Å². The zero-order valence-electron chi connectivity index (χ0n) is 9.88. The Bertz CT molecular complexity index is 644. The maximum absolute atomic E-state index is 12.8. The van der Waals surface area contributed by atoms with E-state index in [1.165, 1.54) is 17.7 Å². The predicted octanol–water partition coefficient (Wildman–Crippen LogP) is 5.30. The maximum atomic E-state index is 12.8. The van der Waals surface area contributed by atoms with Crippen molar-refractivity contribution in [1.29, 1.82) is 0 Å². The summed E-state index contributed by atoms with van der Waals surface area (Å²) in [5.41, 5.74) is 2.26. The van der Waals surface area contributed by atoms with Gasteiger partial charge in [0.25, 0.3) is 0 Å². The summed E-state index contributed by atoms with van der Waals surface area (Å²) in [5.74, 6) is 0.615. The molecule has 1 aromatic carbocycles. The highest BCUT2D eigenvalue weighted by molar-refractivity contribution is 7.98. The lowest BCUT2D eigenvalue weighted by Gasteiger charge is -1.98. The van der Waals surface area contributed by atoms with Crippen molar-refractivity contribution in [3.05, 3.63) is 58.0 Å². The summed E-state index contributed by atoms with van der Waals surface area (Å²) in [4.78, 5) is 5.68. The lowest BCUT2D eigenvalue weighted by Crippen LogP contribution is -1.81. The monoisotopic (exact) mass is 307 g/mol. The van der Waals surface area contributed by atoms with Crippen LogP contribution < -0.4 is 0 Å². The Hall–Kier alpha value is -1.17. The molecule has 0 radical (unpaired) electrons. The predicted molar refractivity (Wildman–Crippen MR) is 81.4 cm³/mol. The van der Waals surface area contributed by atoms with Crippen LogP contribution in [-0.2, 0) is 5.75 Å². The molecule has 2 aromatic heterocycles. The van der Waals surface area contributed by atoms with E-state index < -0.39 is 0 Å². The van der Waals surface area contributed by atoms with E-state index in [4.69, 9.17) is 0 Å². The van der Waals surface area contributed by atoms with Crippen LogP contribution in [0.1, 0.15) is 5.69 Å². The summed E-state index contributed by atoms with van der Waals surface area (Å²) in [6.45, 7) is 0. The standard InChI is InChI=1S/C14H10FNS3/c15-11-1-3-13(4-2-11)18-8-12-9-19-14(16-12)10-5-6-17-7-10/h1-7,9H,8H2. The molecule has 3 aromatic rings. The summed E-state index contributed by atoms with van der Waals surface area (Å²) in [7, 11) is 0. The molecular weight excluding hydrogens is 297 g/mol. The first kappa shape index (κ1) is 12.8. The molecule has 2 heterocycles. The Morgan fingerprint density at radius 1 is 1.11 bits per heavy atom. The number of halogens is 1. The van der Waals surface area contributed by atoms with Crippen LogP contribution in [-0.4, -0.2) is 4.98 Å². The lowest BCUT2D eigenvalue weighted by molar-refractivity contribution is 0.626. The molecule has 0 aliphatic carbocycles. The number of thiazole rings is 1. The van der Waals surface area contributed by atoms with Gasteiger partial charge in [-0.15, -0.1) is 23.1 Å². The number of benzene rings is 1. The molecule has 0 aliphatic rings. The summed E-state index contributed by atoms with van der Waals surface area (Å²) in [5, 5.41) is 7.32. The molecule has 5 heteroatoms.